The van der Waals surface area contributed by atoms with Gasteiger partial charge in [-0.1, -0.05) is 12.1 Å². The van der Waals surface area contributed by atoms with Gasteiger partial charge in [0, 0.05) is 6.54 Å². The molecule has 0 unspecified atom stereocenters. The zero-order valence-corrected chi connectivity index (χ0v) is 10.2. The van der Waals surface area contributed by atoms with Crippen LogP contribution in [0.3, 0.4) is 0 Å². The first-order chi connectivity index (χ1) is 8.81. The van der Waals surface area contributed by atoms with Crippen molar-refractivity contribution >= 4 is 11.5 Å². The minimum atomic E-state index is 0.715. The fourth-order valence-electron chi connectivity index (χ4n) is 1.52. The van der Waals surface area contributed by atoms with E-state index >= 15 is 0 Å². The van der Waals surface area contributed by atoms with Crippen LogP contribution < -0.4 is 21.3 Å². The van der Waals surface area contributed by atoms with Gasteiger partial charge in [0.15, 0.2) is 0 Å². The molecule has 5 nitrogen and oxygen atoms in total. The Morgan fingerprint density at radius 1 is 1.17 bits per heavy atom. The Labute approximate surface area is 106 Å². The van der Waals surface area contributed by atoms with Crippen LogP contribution in [-0.2, 0) is 6.54 Å². The Kier molecular flexibility index (Phi) is 3.98. The normalized spacial score (nSPS) is 9.89. The average molecular weight is 244 g/mol. The molecule has 2 aromatic rings. The summed E-state index contributed by atoms with van der Waals surface area (Å²) in [4.78, 5) is 4.22. The topological polar surface area (TPSA) is 72.2 Å². The number of methoxy groups -OCH3 is 1. The summed E-state index contributed by atoms with van der Waals surface area (Å²) in [6, 6.07) is 11.6. The van der Waals surface area contributed by atoms with Gasteiger partial charge in [-0.25, -0.2) is 4.98 Å². The number of rotatable bonds is 5. The molecule has 0 aliphatic carbocycles. The number of benzene rings is 1. The Balaban J connectivity index is 1.93. The molecule has 2 rings (SSSR count). The van der Waals surface area contributed by atoms with Crippen molar-refractivity contribution in [3.05, 3.63) is 48.2 Å². The van der Waals surface area contributed by atoms with Gasteiger partial charge in [-0.2, -0.15) is 0 Å². The molecule has 0 bridgehead atoms. The molecule has 0 saturated heterocycles. The first-order valence-corrected chi connectivity index (χ1v) is 5.61. The van der Waals surface area contributed by atoms with Crippen LogP contribution in [0.15, 0.2) is 42.6 Å². The molecule has 0 radical (unpaired) electrons. The van der Waals surface area contributed by atoms with Gasteiger partial charge in [-0.15, -0.1) is 0 Å². The monoisotopic (exact) mass is 244 g/mol. The molecule has 4 N–H and O–H groups in total. The van der Waals surface area contributed by atoms with Gasteiger partial charge in [0.25, 0.3) is 0 Å². The summed E-state index contributed by atoms with van der Waals surface area (Å²) < 4.78 is 5.11. The minimum Gasteiger partial charge on any atom is -0.497 e. The highest BCUT2D eigenvalue weighted by atomic mass is 16.5. The lowest BCUT2D eigenvalue weighted by atomic mass is 10.2. The van der Waals surface area contributed by atoms with Crippen molar-refractivity contribution in [2.24, 2.45) is 5.84 Å². The van der Waals surface area contributed by atoms with Crippen LogP contribution in [0.2, 0.25) is 0 Å². The summed E-state index contributed by atoms with van der Waals surface area (Å²) >= 11 is 0. The summed E-state index contributed by atoms with van der Waals surface area (Å²) in [7, 11) is 1.66. The number of nitrogens with two attached hydrogens (primary N) is 1. The van der Waals surface area contributed by atoms with E-state index in [0.717, 1.165) is 17.3 Å². The Morgan fingerprint density at radius 3 is 2.50 bits per heavy atom. The Bertz CT molecular complexity index is 434. The summed E-state index contributed by atoms with van der Waals surface area (Å²) in [6.45, 7) is 0.715. The Hall–Kier alpha value is -2.27. The van der Waals surface area contributed by atoms with Gasteiger partial charge in [0.05, 0.1) is 19.0 Å². The van der Waals surface area contributed by atoms with Crippen LogP contribution >= 0.6 is 0 Å². The molecule has 18 heavy (non-hydrogen) atoms. The van der Waals surface area contributed by atoms with Crippen LogP contribution in [0, 0.1) is 0 Å². The minimum absolute atomic E-state index is 0.715. The quantitative estimate of drug-likeness (QED) is 0.554. The molecule has 0 aliphatic rings. The summed E-state index contributed by atoms with van der Waals surface area (Å²) in [5.74, 6) is 6.94. The number of pyridine rings is 1. The van der Waals surface area contributed by atoms with E-state index in [4.69, 9.17) is 10.6 Å². The van der Waals surface area contributed by atoms with Crippen molar-refractivity contribution in [3.8, 4) is 5.75 Å². The first-order valence-electron chi connectivity index (χ1n) is 5.61. The number of nitrogens with one attached hydrogen (secondary N) is 2. The first kappa shape index (κ1) is 12.2. The lowest BCUT2D eigenvalue weighted by molar-refractivity contribution is 0.414. The molecule has 0 atom stereocenters. The smallest absolute Gasteiger partial charge is 0.126 e. The van der Waals surface area contributed by atoms with Crippen LogP contribution in [0.5, 0.6) is 5.75 Å². The fourth-order valence-corrected chi connectivity index (χ4v) is 1.52. The predicted octanol–water partition coefficient (Wildman–Crippen LogP) is 1.99. The molecule has 0 fully saturated rings. The van der Waals surface area contributed by atoms with E-state index in [1.165, 1.54) is 5.56 Å². The molecule has 0 aliphatic heterocycles. The number of aromatic nitrogens is 1. The van der Waals surface area contributed by atoms with Gasteiger partial charge in [0.1, 0.15) is 11.6 Å². The summed E-state index contributed by atoms with van der Waals surface area (Å²) in [5, 5.41) is 3.23. The molecule has 0 saturated carbocycles. The molecule has 1 heterocycles. The maximum Gasteiger partial charge on any atom is 0.126 e. The molecule has 1 aromatic heterocycles. The van der Waals surface area contributed by atoms with E-state index in [0.29, 0.717) is 6.54 Å². The number of ether oxygens (including phenoxy) is 1. The molecule has 94 valence electrons. The highest BCUT2D eigenvalue weighted by Crippen LogP contribution is 2.13. The second kappa shape index (κ2) is 5.88. The van der Waals surface area contributed by atoms with E-state index in [1.807, 2.05) is 36.4 Å². The number of nitrogens with zero attached hydrogens (tertiary/aromatic N) is 1. The van der Waals surface area contributed by atoms with Crippen molar-refractivity contribution in [2.75, 3.05) is 17.9 Å². The van der Waals surface area contributed by atoms with Crippen molar-refractivity contribution in [1.82, 2.24) is 4.98 Å². The Morgan fingerprint density at radius 2 is 1.94 bits per heavy atom. The number of anilines is 2. The van der Waals surface area contributed by atoms with Crippen molar-refractivity contribution in [3.63, 3.8) is 0 Å². The number of hydrogen-bond donors (Lipinski definition) is 3. The highest BCUT2D eigenvalue weighted by Gasteiger charge is 1.96. The second-order valence-electron chi connectivity index (χ2n) is 3.78. The lowest BCUT2D eigenvalue weighted by Gasteiger charge is -2.07. The number of nitrogen functional groups attached to an aromatic ring is 1. The SMILES string of the molecule is COc1ccc(CNc2ccc(NN)cn2)cc1. The van der Waals surface area contributed by atoms with E-state index in [-0.39, 0.29) is 0 Å². The van der Waals surface area contributed by atoms with Gasteiger partial charge >= 0.3 is 0 Å². The largest absolute Gasteiger partial charge is 0.497 e. The van der Waals surface area contributed by atoms with Gasteiger partial charge in [-0.3, -0.25) is 5.84 Å². The average Bonchev–Trinajstić information content (AvgIpc) is 2.46. The van der Waals surface area contributed by atoms with Crippen molar-refractivity contribution in [2.45, 2.75) is 6.54 Å². The van der Waals surface area contributed by atoms with E-state index in [2.05, 4.69) is 15.7 Å². The van der Waals surface area contributed by atoms with Crippen molar-refractivity contribution < 1.29 is 4.74 Å². The molecule has 0 spiro atoms. The summed E-state index contributed by atoms with van der Waals surface area (Å²) in [5.41, 5.74) is 4.48. The number of hydrogen-bond acceptors (Lipinski definition) is 5. The zero-order chi connectivity index (χ0) is 12.8. The zero-order valence-electron chi connectivity index (χ0n) is 10.2. The molecule has 5 heteroatoms. The molecule has 0 amide bonds. The molecular formula is C13H16N4O. The van der Waals surface area contributed by atoms with Gasteiger partial charge in [-0.05, 0) is 29.8 Å². The van der Waals surface area contributed by atoms with E-state index < -0.39 is 0 Å². The highest BCUT2D eigenvalue weighted by molar-refractivity contribution is 5.46. The van der Waals surface area contributed by atoms with Crippen LogP contribution in [0.4, 0.5) is 11.5 Å². The van der Waals surface area contributed by atoms with Gasteiger partial charge < -0.3 is 15.5 Å². The van der Waals surface area contributed by atoms with Gasteiger partial charge in [0.2, 0.25) is 0 Å². The van der Waals surface area contributed by atoms with E-state index in [1.54, 1.807) is 13.3 Å². The third kappa shape index (κ3) is 3.11. The lowest BCUT2D eigenvalue weighted by Crippen LogP contribution is -2.07. The van der Waals surface area contributed by atoms with Crippen LogP contribution in [-0.4, -0.2) is 12.1 Å². The maximum absolute atomic E-state index is 5.27. The maximum atomic E-state index is 5.27. The third-order valence-electron chi connectivity index (χ3n) is 2.56. The van der Waals surface area contributed by atoms with Crippen molar-refractivity contribution in [1.29, 1.82) is 0 Å². The van der Waals surface area contributed by atoms with E-state index in [9.17, 15) is 0 Å². The van der Waals surface area contributed by atoms with Crippen LogP contribution in [0.1, 0.15) is 5.56 Å². The molecular weight excluding hydrogens is 228 g/mol. The standard InChI is InChI=1S/C13H16N4O/c1-18-12-5-2-10(3-6-12)8-15-13-7-4-11(17-14)9-16-13/h2-7,9,17H,8,14H2,1H3,(H,15,16). The third-order valence-corrected chi connectivity index (χ3v) is 2.56. The fraction of sp³-hybridized carbons (Fsp3) is 0.154. The molecule has 1 aromatic carbocycles. The van der Waals surface area contributed by atoms with Crippen LogP contribution in [0.25, 0.3) is 0 Å². The summed E-state index contributed by atoms with van der Waals surface area (Å²) in [6.07, 6.45) is 1.68. The predicted molar refractivity (Wildman–Crippen MR) is 72.4 cm³/mol. The number of hydrazine groups is 1. The second-order valence-corrected chi connectivity index (χ2v) is 3.78.